The van der Waals surface area contributed by atoms with Crippen LogP contribution < -0.4 is 16.4 Å². The average Bonchev–Trinajstić information content (AvgIpc) is 2.98. The lowest BCUT2D eigenvalue weighted by atomic mass is 10.1. The molecule has 106 valence electrons. The van der Waals surface area contributed by atoms with Gasteiger partial charge in [0.05, 0.1) is 12.6 Å². The van der Waals surface area contributed by atoms with E-state index in [0.717, 1.165) is 5.92 Å². The van der Waals surface area contributed by atoms with Gasteiger partial charge in [0.1, 0.15) is 0 Å². The molecule has 1 aliphatic carbocycles. The van der Waals surface area contributed by atoms with Crippen LogP contribution in [-0.2, 0) is 9.59 Å². The van der Waals surface area contributed by atoms with E-state index in [1.165, 1.54) is 6.42 Å². The monoisotopic (exact) mass is 277 g/mol. The molecular weight excluding hydrogens is 254 g/mol. The smallest absolute Gasteiger partial charge is 0.239 e. The fourth-order valence-corrected chi connectivity index (χ4v) is 1.58. The topological polar surface area (TPSA) is 84.2 Å². The second-order valence-electron chi connectivity index (χ2n) is 5.26. The van der Waals surface area contributed by atoms with Crippen LogP contribution in [-0.4, -0.2) is 30.9 Å². The van der Waals surface area contributed by atoms with E-state index in [1.807, 2.05) is 13.8 Å². The van der Waals surface area contributed by atoms with Crippen molar-refractivity contribution in [2.24, 2.45) is 23.5 Å². The lowest BCUT2D eigenvalue weighted by molar-refractivity contribution is -0.127. The van der Waals surface area contributed by atoms with E-state index < -0.39 is 6.04 Å². The van der Waals surface area contributed by atoms with Crippen molar-refractivity contribution in [3.05, 3.63) is 0 Å². The fraction of sp³-hybridized carbons (Fsp3) is 0.833. The van der Waals surface area contributed by atoms with Crippen molar-refractivity contribution in [2.75, 3.05) is 13.1 Å². The predicted octanol–water partition coefficient (Wildman–Crippen LogP) is 0.280. The second-order valence-corrected chi connectivity index (χ2v) is 5.26. The van der Waals surface area contributed by atoms with E-state index >= 15 is 0 Å². The summed E-state index contributed by atoms with van der Waals surface area (Å²) in [5.74, 6) is 1.00. The quantitative estimate of drug-likeness (QED) is 0.652. The summed E-state index contributed by atoms with van der Waals surface area (Å²) in [6.07, 6.45) is 1.19. The summed E-state index contributed by atoms with van der Waals surface area (Å²) in [5, 5.41) is 5.35. The Hall–Kier alpha value is -0.810. The SMILES string of the molecule is CC1CC1CNC(=O)CNC(=O)[C@@H](N)C(C)C.Cl. The largest absolute Gasteiger partial charge is 0.354 e. The van der Waals surface area contributed by atoms with Gasteiger partial charge in [-0.3, -0.25) is 9.59 Å². The van der Waals surface area contributed by atoms with Gasteiger partial charge in [0.2, 0.25) is 11.8 Å². The summed E-state index contributed by atoms with van der Waals surface area (Å²) in [6, 6.07) is -0.550. The van der Waals surface area contributed by atoms with Crippen LogP contribution in [0.4, 0.5) is 0 Å². The molecule has 1 saturated carbocycles. The lowest BCUT2D eigenvalue weighted by Crippen LogP contribution is -2.47. The predicted molar refractivity (Wildman–Crippen MR) is 73.4 cm³/mol. The third kappa shape index (κ3) is 5.69. The Labute approximate surface area is 115 Å². The molecule has 5 nitrogen and oxygen atoms in total. The van der Waals surface area contributed by atoms with Crippen LogP contribution in [0.15, 0.2) is 0 Å². The highest BCUT2D eigenvalue weighted by atomic mass is 35.5. The van der Waals surface area contributed by atoms with Crippen LogP contribution >= 0.6 is 12.4 Å². The summed E-state index contributed by atoms with van der Waals surface area (Å²) in [5.41, 5.74) is 5.65. The number of amides is 2. The number of rotatable bonds is 6. The summed E-state index contributed by atoms with van der Waals surface area (Å²) >= 11 is 0. The van der Waals surface area contributed by atoms with E-state index in [1.54, 1.807) is 0 Å². The zero-order chi connectivity index (χ0) is 13.0. The van der Waals surface area contributed by atoms with Crippen molar-refractivity contribution < 1.29 is 9.59 Å². The minimum Gasteiger partial charge on any atom is -0.354 e. The molecule has 1 fully saturated rings. The van der Waals surface area contributed by atoms with Gasteiger partial charge in [-0.1, -0.05) is 20.8 Å². The lowest BCUT2D eigenvalue weighted by Gasteiger charge is -2.15. The standard InChI is InChI=1S/C12H23N3O2.ClH/c1-7(2)11(13)12(17)15-6-10(16)14-5-9-4-8(9)3;/h7-9,11H,4-6,13H2,1-3H3,(H,14,16)(H,15,17);1H/t8?,9?,11-;/m0./s1. The van der Waals surface area contributed by atoms with E-state index in [0.29, 0.717) is 12.5 Å². The highest BCUT2D eigenvalue weighted by Gasteiger charge is 2.32. The Kier molecular flexibility index (Phi) is 7.25. The second kappa shape index (κ2) is 7.59. The molecule has 0 aromatic heterocycles. The van der Waals surface area contributed by atoms with Crippen molar-refractivity contribution in [2.45, 2.75) is 33.2 Å². The molecule has 2 amide bonds. The molecule has 2 unspecified atom stereocenters. The molecule has 0 aromatic carbocycles. The molecule has 0 aliphatic heterocycles. The van der Waals surface area contributed by atoms with Crippen LogP contribution in [0.5, 0.6) is 0 Å². The first-order chi connectivity index (χ1) is 7.91. The van der Waals surface area contributed by atoms with Gasteiger partial charge >= 0.3 is 0 Å². The Morgan fingerprint density at radius 3 is 2.33 bits per heavy atom. The molecule has 3 atom stereocenters. The molecule has 6 heteroatoms. The Balaban J connectivity index is 0.00000289. The highest BCUT2D eigenvalue weighted by Crippen LogP contribution is 2.36. The zero-order valence-corrected chi connectivity index (χ0v) is 12.0. The molecule has 0 heterocycles. The molecule has 0 aromatic rings. The molecule has 1 aliphatic rings. The molecular formula is C12H24ClN3O2. The van der Waals surface area contributed by atoms with Crippen molar-refractivity contribution in [1.82, 2.24) is 10.6 Å². The number of nitrogens with two attached hydrogens (primary N) is 1. The third-order valence-electron chi connectivity index (χ3n) is 3.28. The van der Waals surface area contributed by atoms with Gasteiger partial charge in [0, 0.05) is 6.54 Å². The van der Waals surface area contributed by atoms with Crippen molar-refractivity contribution in [3.63, 3.8) is 0 Å². The van der Waals surface area contributed by atoms with Gasteiger partial charge in [-0.15, -0.1) is 12.4 Å². The van der Waals surface area contributed by atoms with E-state index in [4.69, 9.17) is 5.73 Å². The average molecular weight is 278 g/mol. The number of hydrogen-bond acceptors (Lipinski definition) is 3. The van der Waals surface area contributed by atoms with Crippen LogP contribution in [0.2, 0.25) is 0 Å². The van der Waals surface area contributed by atoms with Gasteiger partial charge in [-0.25, -0.2) is 0 Å². The highest BCUT2D eigenvalue weighted by molar-refractivity contribution is 5.87. The number of carbonyl (C=O) groups is 2. The maximum Gasteiger partial charge on any atom is 0.239 e. The number of carbonyl (C=O) groups excluding carboxylic acids is 2. The van der Waals surface area contributed by atoms with Gasteiger partial charge in [-0.05, 0) is 24.2 Å². The minimum atomic E-state index is -0.550. The van der Waals surface area contributed by atoms with Crippen LogP contribution in [0, 0.1) is 17.8 Å². The fourth-order valence-electron chi connectivity index (χ4n) is 1.58. The molecule has 0 spiro atoms. The summed E-state index contributed by atoms with van der Waals surface area (Å²) in [7, 11) is 0. The van der Waals surface area contributed by atoms with Crippen LogP contribution in [0.1, 0.15) is 27.2 Å². The molecule has 0 radical (unpaired) electrons. The van der Waals surface area contributed by atoms with Gasteiger partial charge < -0.3 is 16.4 Å². The molecule has 1 rings (SSSR count). The summed E-state index contributed by atoms with van der Waals surface area (Å²) in [6.45, 7) is 6.64. The number of nitrogens with one attached hydrogen (secondary N) is 2. The van der Waals surface area contributed by atoms with E-state index in [-0.39, 0.29) is 36.7 Å². The summed E-state index contributed by atoms with van der Waals surface area (Å²) in [4.78, 5) is 22.9. The zero-order valence-electron chi connectivity index (χ0n) is 11.2. The maximum absolute atomic E-state index is 11.5. The first-order valence-electron chi connectivity index (χ1n) is 6.21. The first kappa shape index (κ1) is 17.2. The van der Waals surface area contributed by atoms with E-state index in [2.05, 4.69) is 17.6 Å². The summed E-state index contributed by atoms with van der Waals surface area (Å²) < 4.78 is 0. The normalized spacial score (nSPS) is 22.9. The molecule has 0 saturated heterocycles. The van der Waals surface area contributed by atoms with Gasteiger partial charge in [0.15, 0.2) is 0 Å². The maximum atomic E-state index is 11.5. The van der Waals surface area contributed by atoms with E-state index in [9.17, 15) is 9.59 Å². The molecule has 0 bridgehead atoms. The first-order valence-corrected chi connectivity index (χ1v) is 6.21. The van der Waals surface area contributed by atoms with Crippen LogP contribution in [0.25, 0.3) is 0 Å². The van der Waals surface area contributed by atoms with Crippen LogP contribution in [0.3, 0.4) is 0 Å². The number of hydrogen-bond donors (Lipinski definition) is 3. The van der Waals surface area contributed by atoms with Crippen molar-refractivity contribution in [1.29, 1.82) is 0 Å². The third-order valence-corrected chi connectivity index (χ3v) is 3.28. The number of halogens is 1. The molecule has 18 heavy (non-hydrogen) atoms. The van der Waals surface area contributed by atoms with Crippen molar-refractivity contribution in [3.8, 4) is 0 Å². The van der Waals surface area contributed by atoms with Gasteiger partial charge in [-0.2, -0.15) is 0 Å². The minimum absolute atomic E-state index is 0. The Morgan fingerprint density at radius 1 is 1.33 bits per heavy atom. The Morgan fingerprint density at radius 2 is 1.89 bits per heavy atom. The van der Waals surface area contributed by atoms with Crippen molar-refractivity contribution >= 4 is 24.2 Å². The Bertz CT molecular complexity index is 297. The molecule has 4 N–H and O–H groups in total. The van der Waals surface area contributed by atoms with Gasteiger partial charge in [0.25, 0.3) is 0 Å².